The van der Waals surface area contributed by atoms with Crippen LogP contribution in [0.3, 0.4) is 0 Å². The van der Waals surface area contributed by atoms with Gasteiger partial charge in [0.1, 0.15) is 0 Å². The third kappa shape index (κ3) is 6.71. The third-order valence-corrected chi connectivity index (χ3v) is 8.98. The Hall–Kier alpha value is -0.570. The number of hydrogen-bond donors (Lipinski definition) is 1. The average molecular weight is 420 g/mol. The molecule has 0 aromatic carbocycles. The molecule has 0 aliphatic heterocycles. The van der Waals surface area contributed by atoms with Crippen molar-refractivity contribution in [3.63, 3.8) is 0 Å². The van der Waals surface area contributed by atoms with E-state index in [1.807, 2.05) is 0 Å². The molecule has 0 heterocycles. The van der Waals surface area contributed by atoms with Crippen molar-refractivity contribution >= 4 is 6.41 Å². The van der Waals surface area contributed by atoms with Gasteiger partial charge in [-0.25, -0.2) is 0 Å². The quantitative estimate of drug-likeness (QED) is 0.129. The fourth-order valence-corrected chi connectivity index (χ4v) is 7.70. The Morgan fingerprint density at radius 2 is 1.30 bits per heavy atom. The molecule has 1 atom stereocenters. The molecule has 0 aromatic heterocycles. The molecule has 4 aliphatic carbocycles. The van der Waals surface area contributed by atoms with Crippen LogP contribution in [0.15, 0.2) is 0 Å². The first-order chi connectivity index (χ1) is 14.5. The second kappa shape index (κ2) is 11.3. The van der Waals surface area contributed by atoms with Crippen molar-refractivity contribution in [2.75, 3.05) is 20.6 Å². The van der Waals surface area contributed by atoms with E-state index in [0.717, 1.165) is 28.6 Å². The number of carbonyl (C=O) groups is 1. The molecule has 4 aliphatic rings. The number of carbonyl (C=O) groups excluding carboxylic acids is 1. The molecule has 174 valence electrons. The summed E-state index contributed by atoms with van der Waals surface area (Å²) >= 11 is 0. The maximum absolute atomic E-state index is 11.5. The van der Waals surface area contributed by atoms with Gasteiger partial charge in [0.15, 0.2) is 6.17 Å². The van der Waals surface area contributed by atoms with Crippen molar-refractivity contribution in [2.45, 2.75) is 122 Å². The van der Waals surface area contributed by atoms with Gasteiger partial charge in [-0.1, -0.05) is 58.3 Å². The summed E-state index contributed by atoms with van der Waals surface area (Å²) in [5.74, 6) is 2.97. The van der Waals surface area contributed by atoms with Gasteiger partial charge in [0.2, 0.25) is 6.41 Å². The van der Waals surface area contributed by atoms with E-state index in [9.17, 15) is 4.79 Å². The topological polar surface area (TPSA) is 29.1 Å². The fourth-order valence-electron chi connectivity index (χ4n) is 7.70. The first-order valence-electron chi connectivity index (χ1n) is 13.5. The number of nitrogens with one attached hydrogen (secondary N) is 1. The molecular weight excluding hydrogens is 368 g/mol. The molecule has 4 bridgehead atoms. The predicted octanol–water partition coefficient (Wildman–Crippen LogP) is 6.66. The van der Waals surface area contributed by atoms with Gasteiger partial charge >= 0.3 is 0 Å². The van der Waals surface area contributed by atoms with E-state index in [2.05, 4.69) is 26.3 Å². The molecule has 0 saturated heterocycles. The minimum absolute atomic E-state index is 0.289. The van der Waals surface area contributed by atoms with Gasteiger partial charge < -0.3 is 9.80 Å². The fraction of sp³-hybridized carbons (Fsp3) is 0.963. The van der Waals surface area contributed by atoms with E-state index < -0.39 is 0 Å². The van der Waals surface area contributed by atoms with Gasteiger partial charge in [0, 0.05) is 6.42 Å². The van der Waals surface area contributed by atoms with Crippen molar-refractivity contribution in [3.05, 3.63) is 0 Å². The van der Waals surface area contributed by atoms with Gasteiger partial charge in [-0.2, -0.15) is 0 Å². The van der Waals surface area contributed by atoms with Gasteiger partial charge in [0.25, 0.3) is 0 Å². The minimum atomic E-state index is 0.289. The largest absolute Gasteiger partial charge is 0.309 e. The lowest BCUT2D eigenvalue weighted by molar-refractivity contribution is -0.918. The van der Waals surface area contributed by atoms with Crippen LogP contribution in [-0.4, -0.2) is 37.7 Å². The SMILES string of the molecule is CCCCCCCCCCCC[N+](C)(C)C(CC12CC3CC(CC(C3)C1)C2)NC=O. The first-order valence-corrected chi connectivity index (χ1v) is 13.5. The molecule has 3 heteroatoms. The molecule has 1 unspecified atom stereocenters. The van der Waals surface area contributed by atoms with Gasteiger partial charge in [-0.15, -0.1) is 0 Å². The van der Waals surface area contributed by atoms with E-state index >= 15 is 0 Å². The summed E-state index contributed by atoms with van der Waals surface area (Å²) in [6.07, 6.45) is 25.2. The smallest absolute Gasteiger partial charge is 0.211 e. The second-order valence-corrected chi connectivity index (χ2v) is 12.1. The van der Waals surface area contributed by atoms with Crippen LogP contribution < -0.4 is 5.32 Å². The highest BCUT2D eigenvalue weighted by Gasteiger charge is 2.52. The maximum Gasteiger partial charge on any atom is 0.211 e. The lowest BCUT2D eigenvalue weighted by Gasteiger charge is -2.58. The zero-order chi connectivity index (χ0) is 21.5. The van der Waals surface area contributed by atoms with Crippen molar-refractivity contribution in [1.29, 1.82) is 0 Å². The molecule has 4 rings (SSSR count). The summed E-state index contributed by atoms with van der Waals surface area (Å²) < 4.78 is 0.956. The standard InChI is InChI=1S/C27H50N2O/c1-4-5-6-7-8-9-10-11-12-13-14-29(2,3)26(28-22-30)21-27-18-23-15-24(19-27)17-25(16-23)20-27/h22-26H,4-21H2,1-3H3/p+1. The average Bonchev–Trinajstić information content (AvgIpc) is 2.68. The molecule has 4 fully saturated rings. The van der Waals surface area contributed by atoms with Gasteiger partial charge in [-0.3, -0.25) is 4.79 Å². The summed E-state index contributed by atoms with van der Waals surface area (Å²) in [5, 5.41) is 3.28. The summed E-state index contributed by atoms with van der Waals surface area (Å²) in [6.45, 7) is 3.48. The highest BCUT2D eigenvalue weighted by Crippen LogP contribution is 2.61. The number of amides is 1. The monoisotopic (exact) mass is 419 g/mol. The first kappa shape index (κ1) is 24.1. The molecule has 0 spiro atoms. The Bertz CT molecular complexity index is 480. The van der Waals surface area contributed by atoms with Crippen LogP contribution in [0.25, 0.3) is 0 Å². The highest BCUT2D eigenvalue weighted by atomic mass is 16.1. The van der Waals surface area contributed by atoms with Crippen molar-refractivity contribution in [3.8, 4) is 0 Å². The van der Waals surface area contributed by atoms with Gasteiger partial charge in [0.05, 0.1) is 20.6 Å². The Kier molecular flexibility index (Phi) is 9.10. The Balaban J connectivity index is 1.38. The van der Waals surface area contributed by atoms with Crippen LogP contribution in [0.4, 0.5) is 0 Å². The van der Waals surface area contributed by atoms with E-state index in [-0.39, 0.29) is 6.17 Å². The second-order valence-electron chi connectivity index (χ2n) is 12.1. The zero-order valence-electron chi connectivity index (χ0n) is 20.5. The van der Waals surface area contributed by atoms with E-state index in [1.54, 1.807) is 0 Å². The predicted molar refractivity (Wildman–Crippen MR) is 127 cm³/mol. The Morgan fingerprint density at radius 1 is 0.833 bits per heavy atom. The van der Waals surface area contributed by atoms with Crippen molar-refractivity contribution < 1.29 is 9.28 Å². The van der Waals surface area contributed by atoms with Crippen LogP contribution in [0.1, 0.15) is 116 Å². The van der Waals surface area contributed by atoms with Crippen LogP contribution in [0, 0.1) is 23.2 Å². The number of hydrogen-bond acceptors (Lipinski definition) is 1. The molecule has 4 saturated carbocycles. The van der Waals surface area contributed by atoms with Crippen molar-refractivity contribution in [1.82, 2.24) is 5.32 Å². The number of rotatable bonds is 16. The number of quaternary nitrogens is 1. The highest BCUT2D eigenvalue weighted by molar-refractivity contribution is 5.46. The summed E-state index contributed by atoms with van der Waals surface area (Å²) in [4.78, 5) is 11.5. The van der Waals surface area contributed by atoms with E-state index in [4.69, 9.17) is 0 Å². The molecule has 0 aromatic rings. The van der Waals surface area contributed by atoms with E-state index in [0.29, 0.717) is 5.41 Å². The molecule has 0 radical (unpaired) electrons. The zero-order valence-corrected chi connectivity index (χ0v) is 20.5. The molecular formula is C27H51N2O+. The number of unbranched alkanes of at least 4 members (excludes halogenated alkanes) is 9. The summed E-state index contributed by atoms with van der Waals surface area (Å²) in [7, 11) is 4.71. The summed E-state index contributed by atoms with van der Waals surface area (Å²) in [6, 6.07) is 0. The van der Waals surface area contributed by atoms with Gasteiger partial charge in [-0.05, 0) is 74.5 Å². The molecule has 1 N–H and O–H groups in total. The molecule has 3 nitrogen and oxygen atoms in total. The van der Waals surface area contributed by atoms with E-state index in [1.165, 1.54) is 116 Å². The number of nitrogens with zero attached hydrogens (tertiary/aromatic N) is 1. The minimum Gasteiger partial charge on any atom is -0.309 e. The van der Waals surface area contributed by atoms with Crippen LogP contribution in [-0.2, 0) is 4.79 Å². The third-order valence-electron chi connectivity index (χ3n) is 8.98. The summed E-state index contributed by atoms with van der Waals surface area (Å²) in [5.41, 5.74) is 0.530. The van der Waals surface area contributed by atoms with Crippen molar-refractivity contribution in [2.24, 2.45) is 23.2 Å². The molecule has 30 heavy (non-hydrogen) atoms. The maximum atomic E-state index is 11.5. The van der Waals surface area contributed by atoms with Crippen LogP contribution in [0.2, 0.25) is 0 Å². The van der Waals surface area contributed by atoms with Crippen LogP contribution in [0.5, 0.6) is 0 Å². The lowest BCUT2D eigenvalue weighted by Crippen LogP contribution is -2.59. The lowest BCUT2D eigenvalue weighted by atomic mass is 9.48. The normalized spacial score (nSPS) is 31.1. The molecule has 1 amide bonds. The Labute approximate surface area is 187 Å². The Morgan fingerprint density at radius 3 is 1.77 bits per heavy atom. The van der Waals surface area contributed by atoms with Crippen LogP contribution >= 0.6 is 0 Å².